The lowest BCUT2D eigenvalue weighted by Gasteiger charge is -2.10. The molecule has 1 aliphatic carbocycles. The van der Waals surface area contributed by atoms with Gasteiger partial charge in [-0.25, -0.2) is 0 Å². The molecular weight excluding hydrogens is 202 g/mol. The molecule has 0 bridgehead atoms. The van der Waals surface area contributed by atoms with Gasteiger partial charge in [-0.05, 0) is 30.4 Å². The molecule has 0 spiro atoms. The zero-order chi connectivity index (χ0) is 11.0. The first-order valence-electron chi connectivity index (χ1n) is 5.85. The third-order valence-electron chi connectivity index (χ3n) is 3.20. The van der Waals surface area contributed by atoms with Crippen molar-refractivity contribution >= 4 is 5.91 Å². The van der Waals surface area contributed by atoms with Crippen molar-refractivity contribution in [1.29, 1.82) is 0 Å². The molecular formula is C13H15NO2. The summed E-state index contributed by atoms with van der Waals surface area (Å²) in [7, 11) is 0. The van der Waals surface area contributed by atoms with Crippen molar-refractivity contribution in [3.8, 4) is 5.75 Å². The Morgan fingerprint density at radius 2 is 2.19 bits per heavy atom. The van der Waals surface area contributed by atoms with Crippen LogP contribution in [0.3, 0.4) is 0 Å². The number of carbonyl (C=O) groups excluding carboxylic acids is 1. The Bertz CT molecular complexity index is 387. The summed E-state index contributed by atoms with van der Waals surface area (Å²) < 4.78 is 5.61. The molecule has 1 saturated carbocycles. The Kier molecular flexibility index (Phi) is 2.31. The Labute approximate surface area is 94.8 Å². The predicted molar refractivity (Wildman–Crippen MR) is 60.3 cm³/mol. The number of nitrogens with one attached hydrogen (secondary N) is 1. The molecule has 16 heavy (non-hydrogen) atoms. The number of benzene rings is 1. The summed E-state index contributed by atoms with van der Waals surface area (Å²) in [5.41, 5.74) is 1.13. The zero-order valence-electron chi connectivity index (χ0n) is 9.11. The van der Waals surface area contributed by atoms with Gasteiger partial charge < -0.3 is 10.1 Å². The van der Waals surface area contributed by atoms with Gasteiger partial charge in [0, 0.05) is 13.0 Å². The third kappa shape index (κ3) is 1.90. The summed E-state index contributed by atoms with van der Waals surface area (Å²) in [6.07, 6.45) is 2.89. The normalized spacial score (nSPS) is 22.4. The maximum Gasteiger partial charge on any atom is 0.261 e. The molecule has 3 nitrogen and oxygen atoms in total. The molecule has 84 valence electrons. The fourth-order valence-electron chi connectivity index (χ4n) is 2.01. The van der Waals surface area contributed by atoms with E-state index in [0.717, 1.165) is 17.9 Å². The van der Waals surface area contributed by atoms with E-state index >= 15 is 0 Å². The second kappa shape index (κ2) is 3.81. The van der Waals surface area contributed by atoms with Crippen LogP contribution in [-0.2, 0) is 11.2 Å². The van der Waals surface area contributed by atoms with Crippen LogP contribution in [0.25, 0.3) is 0 Å². The highest BCUT2D eigenvalue weighted by molar-refractivity contribution is 5.82. The van der Waals surface area contributed by atoms with Crippen LogP contribution in [0.15, 0.2) is 24.3 Å². The van der Waals surface area contributed by atoms with Crippen molar-refractivity contribution in [2.45, 2.75) is 25.4 Å². The van der Waals surface area contributed by atoms with Gasteiger partial charge in [-0.1, -0.05) is 18.2 Å². The summed E-state index contributed by atoms with van der Waals surface area (Å²) in [5.74, 6) is 1.60. The molecule has 1 fully saturated rings. The van der Waals surface area contributed by atoms with Crippen LogP contribution in [-0.4, -0.2) is 18.6 Å². The molecule has 3 heteroatoms. The topological polar surface area (TPSA) is 38.3 Å². The van der Waals surface area contributed by atoms with E-state index in [1.807, 2.05) is 24.3 Å². The van der Waals surface area contributed by atoms with Gasteiger partial charge in [0.1, 0.15) is 5.75 Å². The van der Waals surface area contributed by atoms with Gasteiger partial charge in [0.25, 0.3) is 5.91 Å². The third-order valence-corrected chi connectivity index (χ3v) is 3.20. The highest BCUT2D eigenvalue weighted by atomic mass is 16.5. The maximum atomic E-state index is 11.8. The van der Waals surface area contributed by atoms with Crippen LogP contribution in [0.4, 0.5) is 0 Å². The Morgan fingerprint density at radius 3 is 2.94 bits per heavy atom. The van der Waals surface area contributed by atoms with Crippen LogP contribution in [0.2, 0.25) is 0 Å². The fourth-order valence-corrected chi connectivity index (χ4v) is 2.01. The minimum absolute atomic E-state index is 0.0306. The van der Waals surface area contributed by atoms with Crippen molar-refractivity contribution < 1.29 is 9.53 Å². The molecule has 1 amide bonds. The minimum Gasteiger partial charge on any atom is -0.480 e. The molecule has 1 aromatic rings. The van der Waals surface area contributed by atoms with Gasteiger partial charge in [-0.2, -0.15) is 0 Å². The van der Waals surface area contributed by atoms with E-state index in [1.54, 1.807) is 0 Å². The van der Waals surface area contributed by atoms with Crippen molar-refractivity contribution in [3.05, 3.63) is 29.8 Å². The smallest absolute Gasteiger partial charge is 0.261 e. The number of rotatable bonds is 3. The van der Waals surface area contributed by atoms with Crippen molar-refractivity contribution in [1.82, 2.24) is 5.32 Å². The molecule has 1 atom stereocenters. The molecule has 1 unspecified atom stereocenters. The van der Waals surface area contributed by atoms with Gasteiger partial charge >= 0.3 is 0 Å². The summed E-state index contributed by atoms with van der Waals surface area (Å²) in [5, 5.41) is 2.96. The van der Waals surface area contributed by atoms with E-state index in [2.05, 4.69) is 5.32 Å². The van der Waals surface area contributed by atoms with E-state index in [0.29, 0.717) is 12.3 Å². The average molecular weight is 217 g/mol. The largest absolute Gasteiger partial charge is 0.480 e. The summed E-state index contributed by atoms with van der Waals surface area (Å²) in [6.45, 7) is 0.815. The summed E-state index contributed by atoms with van der Waals surface area (Å²) in [6, 6.07) is 7.85. The van der Waals surface area contributed by atoms with E-state index in [1.165, 1.54) is 12.8 Å². The number of para-hydroxylation sites is 1. The Morgan fingerprint density at radius 1 is 1.38 bits per heavy atom. The van der Waals surface area contributed by atoms with Crippen molar-refractivity contribution in [3.63, 3.8) is 0 Å². The number of carbonyl (C=O) groups is 1. The Hall–Kier alpha value is -1.51. The van der Waals surface area contributed by atoms with Gasteiger partial charge in [0.05, 0.1) is 0 Å². The van der Waals surface area contributed by atoms with Gasteiger partial charge in [-0.15, -0.1) is 0 Å². The fraction of sp³-hybridized carbons (Fsp3) is 0.462. The standard InChI is InChI=1S/C13H15NO2/c15-13(14-8-9-5-6-9)12-7-10-3-1-2-4-11(10)16-12/h1-4,9,12H,5-8H2,(H,14,15). The van der Waals surface area contributed by atoms with Crippen molar-refractivity contribution in [2.24, 2.45) is 5.92 Å². The van der Waals surface area contributed by atoms with E-state index in [-0.39, 0.29) is 12.0 Å². The first-order valence-corrected chi connectivity index (χ1v) is 5.85. The molecule has 0 aromatic heterocycles. The van der Waals surface area contributed by atoms with Crippen LogP contribution in [0.5, 0.6) is 5.75 Å². The van der Waals surface area contributed by atoms with Gasteiger partial charge in [0.2, 0.25) is 0 Å². The molecule has 2 aliphatic rings. The predicted octanol–water partition coefficient (Wildman–Crippen LogP) is 1.52. The number of hydrogen-bond acceptors (Lipinski definition) is 2. The minimum atomic E-state index is -0.323. The molecule has 3 rings (SSSR count). The lowest BCUT2D eigenvalue weighted by Crippen LogP contribution is -2.38. The lowest BCUT2D eigenvalue weighted by molar-refractivity contribution is -0.127. The lowest BCUT2D eigenvalue weighted by atomic mass is 10.1. The van der Waals surface area contributed by atoms with Gasteiger partial charge in [-0.3, -0.25) is 4.79 Å². The summed E-state index contributed by atoms with van der Waals surface area (Å²) in [4.78, 5) is 11.8. The summed E-state index contributed by atoms with van der Waals surface area (Å²) >= 11 is 0. The quantitative estimate of drug-likeness (QED) is 0.833. The number of amides is 1. The molecule has 0 saturated heterocycles. The number of ether oxygens (including phenoxy) is 1. The van der Waals surface area contributed by atoms with Crippen LogP contribution < -0.4 is 10.1 Å². The first kappa shape index (κ1) is 9.70. The van der Waals surface area contributed by atoms with Gasteiger partial charge in [0.15, 0.2) is 6.10 Å². The molecule has 1 heterocycles. The van der Waals surface area contributed by atoms with E-state index < -0.39 is 0 Å². The molecule has 1 aromatic carbocycles. The van der Waals surface area contributed by atoms with E-state index in [9.17, 15) is 4.79 Å². The van der Waals surface area contributed by atoms with Crippen LogP contribution in [0.1, 0.15) is 18.4 Å². The molecule has 1 aliphatic heterocycles. The monoisotopic (exact) mass is 217 g/mol. The van der Waals surface area contributed by atoms with E-state index in [4.69, 9.17) is 4.74 Å². The highest BCUT2D eigenvalue weighted by Crippen LogP contribution is 2.29. The van der Waals surface area contributed by atoms with Crippen molar-refractivity contribution in [2.75, 3.05) is 6.54 Å². The second-order valence-corrected chi connectivity index (χ2v) is 4.61. The second-order valence-electron chi connectivity index (χ2n) is 4.61. The number of hydrogen-bond donors (Lipinski definition) is 1. The SMILES string of the molecule is O=C(NCC1CC1)C1Cc2ccccc2O1. The van der Waals surface area contributed by atoms with Crippen LogP contribution in [0, 0.1) is 5.92 Å². The number of fused-ring (bicyclic) bond motifs is 1. The Balaban J connectivity index is 1.59. The molecule has 0 radical (unpaired) electrons. The maximum absolute atomic E-state index is 11.8. The highest BCUT2D eigenvalue weighted by Gasteiger charge is 2.30. The molecule has 1 N–H and O–H groups in total. The zero-order valence-corrected chi connectivity index (χ0v) is 9.11. The first-order chi connectivity index (χ1) is 7.83. The van der Waals surface area contributed by atoms with Crippen LogP contribution >= 0.6 is 0 Å². The average Bonchev–Trinajstić information content (AvgIpc) is 3.02.